The van der Waals surface area contributed by atoms with Crippen LogP contribution in [-0.2, 0) is 11.3 Å². The lowest BCUT2D eigenvalue weighted by molar-refractivity contribution is -0.137. The smallest absolute Gasteiger partial charge is 0.267 e. The number of ether oxygens (including phenoxy) is 1. The second kappa shape index (κ2) is 6.97. The molecule has 2 aromatic rings. The van der Waals surface area contributed by atoms with Gasteiger partial charge in [-0.05, 0) is 41.8 Å². The molecule has 4 rings (SSSR count). The van der Waals surface area contributed by atoms with Crippen LogP contribution in [0.5, 0.6) is 5.75 Å². The highest BCUT2D eigenvalue weighted by molar-refractivity contribution is 6.30. The third kappa shape index (κ3) is 3.25. The van der Waals surface area contributed by atoms with E-state index < -0.39 is 0 Å². The van der Waals surface area contributed by atoms with Crippen LogP contribution in [0.25, 0.3) is 0 Å². The fraction of sp³-hybridized carbons (Fsp3) is 0.263. The first-order valence-electron chi connectivity index (χ1n) is 8.42. The Morgan fingerprint density at radius 1 is 1.19 bits per heavy atom. The molecule has 0 radical (unpaired) electrons. The van der Waals surface area contributed by atoms with E-state index in [1.165, 1.54) is 5.01 Å². The maximum absolute atomic E-state index is 12.8. The number of methoxy groups -OCH3 is 1. The fourth-order valence-electron chi connectivity index (χ4n) is 3.27. The summed E-state index contributed by atoms with van der Waals surface area (Å²) in [5.74, 6) is 0.808. The van der Waals surface area contributed by atoms with E-state index in [9.17, 15) is 4.79 Å². The van der Waals surface area contributed by atoms with Gasteiger partial charge in [0.25, 0.3) is 5.91 Å². The van der Waals surface area contributed by atoms with Crippen LogP contribution < -0.4 is 10.2 Å². The van der Waals surface area contributed by atoms with E-state index in [0.717, 1.165) is 16.9 Å². The zero-order valence-corrected chi connectivity index (χ0v) is 15.1. The van der Waals surface area contributed by atoms with Gasteiger partial charge in [-0.15, -0.1) is 0 Å². The van der Waals surface area contributed by atoms with E-state index in [1.54, 1.807) is 18.5 Å². The minimum absolute atomic E-state index is 0.00837. The van der Waals surface area contributed by atoms with Crippen molar-refractivity contribution in [2.45, 2.75) is 25.0 Å². The van der Waals surface area contributed by atoms with Gasteiger partial charge >= 0.3 is 0 Å². The molecule has 0 bridgehead atoms. The van der Waals surface area contributed by atoms with Gasteiger partial charge in [0.05, 0.1) is 19.7 Å². The van der Waals surface area contributed by atoms with Crippen molar-refractivity contribution in [2.24, 2.45) is 5.10 Å². The Labute approximate surface area is 157 Å². The first kappa shape index (κ1) is 16.9. The molecular formula is C19H19ClN4O2. The van der Waals surface area contributed by atoms with Crippen LogP contribution >= 0.6 is 11.6 Å². The van der Waals surface area contributed by atoms with E-state index >= 15 is 0 Å². The average Bonchev–Trinajstić information content (AvgIpc) is 3.11. The first-order valence-corrected chi connectivity index (χ1v) is 8.80. The van der Waals surface area contributed by atoms with E-state index in [2.05, 4.69) is 10.5 Å². The monoisotopic (exact) mass is 370 g/mol. The van der Waals surface area contributed by atoms with Gasteiger partial charge in [-0.3, -0.25) is 9.80 Å². The Kier molecular flexibility index (Phi) is 4.53. The minimum atomic E-state index is -0.257. The Bertz CT molecular complexity index is 822. The third-order valence-corrected chi connectivity index (χ3v) is 4.97. The van der Waals surface area contributed by atoms with Crippen LogP contribution in [0.1, 0.15) is 23.6 Å². The number of hydrogen-bond donors (Lipinski definition) is 1. The zero-order valence-electron chi connectivity index (χ0n) is 14.3. The van der Waals surface area contributed by atoms with Crippen molar-refractivity contribution in [3.63, 3.8) is 0 Å². The Balaban J connectivity index is 1.46. The predicted molar refractivity (Wildman–Crippen MR) is 99.6 cm³/mol. The van der Waals surface area contributed by atoms with Gasteiger partial charge in [0.2, 0.25) is 0 Å². The summed E-state index contributed by atoms with van der Waals surface area (Å²) in [6, 6.07) is 15.1. The van der Waals surface area contributed by atoms with Crippen LogP contribution in [0.3, 0.4) is 0 Å². The summed E-state index contributed by atoms with van der Waals surface area (Å²) in [4.78, 5) is 12.8. The Morgan fingerprint density at radius 2 is 1.92 bits per heavy atom. The number of hydrogen-bond acceptors (Lipinski definition) is 5. The van der Waals surface area contributed by atoms with Gasteiger partial charge in [0.15, 0.2) is 0 Å². The molecule has 134 valence electrons. The number of nitrogens with one attached hydrogen (secondary N) is 1. The van der Waals surface area contributed by atoms with Crippen molar-refractivity contribution >= 4 is 23.8 Å². The molecule has 2 unspecified atom stereocenters. The molecule has 1 amide bonds. The number of carbonyl (C=O) groups is 1. The van der Waals surface area contributed by atoms with E-state index in [4.69, 9.17) is 16.3 Å². The number of amides is 1. The largest absolute Gasteiger partial charge is 0.497 e. The molecule has 2 aliphatic rings. The molecule has 2 atom stereocenters. The fourth-order valence-corrected chi connectivity index (χ4v) is 3.39. The Hall–Kier alpha value is -2.57. The SMILES string of the molecule is COc1ccc(C2CC3C(=O)N(Cc4ccc(Cl)cc4)N=CN3N2)cc1. The molecule has 0 aromatic heterocycles. The van der Waals surface area contributed by atoms with Crippen LogP contribution in [0, 0.1) is 0 Å². The number of carbonyl (C=O) groups excluding carboxylic acids is 1. The first-order chi connectivity index (χ1) is 12.6. The summed E-state index contributed by atoms with van der Waals surface area (Å²) < 4.78 is 5.20. The normalized spacial score (nSPS) is 21.8. The highest BCUT2D eigenvalue weighted by Gasteiger charge is 2.40. The molecule has 1 saturated heterocycles. The maximum Gasteiger partial charge on any atom is 0.267 e. The van der Waals surface area contributed by atoms with Crippen molar-refractivity contribution < 1.29 is 9.53 Å². The number of benzene rings is 2. The van der Waals surface area contributed by atoms with Crippen molar-refractivity contribution in [1.82, 2.24) is 15.4 Å². The number of halogens is 1. The molecule has 1 fully saturated rings. The summed E-state index contributed by atoms with van der Waals surface area (Å²) in [6.45, 7) is 0.435. The zero-order chi connectivity index (χ0) is 18.1. The van der Waals surface area contributed by atoms with E-state index in [-0.39, 0.29) is 18.0 Å². The van der Waals surface area contributed by atoms with Crippen molar-refractivity contribution in [3.05, 3.63) is 64.7 Å². The van der Waals surface area contributed by atoms with Gasteiger partial charge in [-0.2, -0.15) is 5.10 Å². The highest BCUT2D eigenvalue weighted by Crippen LogP contribution is 2.30. The number of hydrazone groups is 1. The molecule has 2 aromatic carbocycles. The van der Waals surface area contributed by atoms with Crippen molar-refractivity contribution in [3.8, 4) is 5.75 Å². The van der Waals surface area contributed by atoms with Crippen LogP contribution in [0.15, 0.2) is 53.6 Å². The minimum Gasteiger partial charge on any atom is -0.497 e. The van der Waals surface area contributed by atoms with Crippen LogP contribution in [-0.4, -0.2) is 35.4 Å². The van der Waals surface area contributed by atoms with E-state index in [1.807, 2.05) is 48.5 Å². The van der Waals surface area contributed by atoms with Gasteiger partial charge < -0.3 is 4.74 Å². The molecule has 0 spiro atoms. The van der Waals surface area contributed by atoms with E-state index in [0.29, 0.717) is 18.0 Å². The Morgan fingerprint density at radius 3 is 2.62 bits per heavy atom. The third-order valence-electron chi connectivity index (χ3n) is 4.72. The van der Waals surface area contributed by atoms with Crippen LogP contribution in [0.4, 0.5) is 0 Å². The maximum atomic E-state index is 12.8. The lowest BCUT2D eigenvalue weighted by atomic mass is 10.0. The lowest BCUT2D eigenvalue weighted by Crippen LogP contribution is -2.50. The number of hydrazine groups is 1. The second-order valence-electron chi connectivity index (χ2n) is 6.37. The van der Waals surface area contributed by atoms with Crippen molar-refractivity contribution in [2.75, 3.05) is 7.11 Å². The molecule has 1 N–H and O–H groups in total. The molecule has 0 saturated carbocycles. The molecule has 2 aliphatic heterocycles. The molecule has 6 nitrogen and oxygen atoms in total. The number of nitrogens with zero attached hydrogens (tertiary/aromatic N) is 3. The van der Waals surface area contributed by atoms with Gasteiger partial charge in [-0.1, -0.05) is 35.9 Å². The summed E-state index contributed by atoms with van der Waals surface area (Å²) in [6.07, 6.45) is 2.37. The molecular weight excluding hydrogens is 352 g/mol. The molecule has 26 heavy (non-hydrogen) atoms. The number of rotatable bonds is 4. The average molecular weight is 371 g/mol. The van der Waals surface area contributed by atoms with Gasteiger partial charge in [0, 0.05) is 5.02 Å². The standard InChI is InChI=1S/C19H19ClN4O2/c1-26-16-8-4-14(5-9-16)17-10-18-19(25)23(21-12-24(18)22-17)11-13-2-6-15(20)7-3-13/h2-9,12,17-18,22H,10-11H2,1H3. The molecule has 0 aliphatic carbocycles. The summed E-state index contributed by atoms with van der Waals surface area (Å²) in [5, 5.41) is 8.29. The lowest BCUT2D eigenvalue weighted by Gasteiger charge is -2.30. The topological polar surface area (TPSA) is 57.2 Å². The summed E-state index contributed by atoms with van der Waals surface area (Å²) in [5.41, 5.74) is 5.46. The molecule has 2 heterocycles. The number of fused-ring (bicyclic) bond motifs is 1. The quantitative estimate of drug-likeness (QED) is 0.899. The van der Waals surface area contributed by atoms with Gasteiger partial charge in [-0.25, -0.2) is 10.4 Å². The summed E-state index contributed by atoms with van der Waals surface area (Å²) >= 11 is 5.92. The second-order valence-corrected chi connectivity index (χ2v) is 6.80. The van der Waals surface area contributed by atoms with Crippen LogP contribution in [0.2, 0.25) is 5.02 Å². The van der Waals surface area contributed by atoms with Gasteiger partial charge in [0.1, 0.15) is 18.1 Å². The predicted octanol–water partition coefficient (Wildman–Crippen LogP) is 2.95. The highest BCUT2D eigenvalue weighted by atomic mass is 35.5. The molecule has 7 heteroatoms. The van der Waals surface area contributed by atoms with Crippen molar-refractivity contribution in [1.29, 1.82) is 0 Å². The summed E-state index contributed by atoms with van der Waals surface area (Å²) in [7, 11) is 1.65.